The fourth-order valence-corrected chi connectivity index (χ4v) is 7.14. The topological polar surface area (TPSA) is 26.3 Å². The van der Waals surface area contributed by atoms with Crippen molar-refractivity contribution >= 4 is 17.5 Å². The summed E-state index contributed by atoms with van der Waals surface area (Å²) in [5, 5.41) is 0.289. The first kappa shape index (κ1) is 22.4. The third-order valence-electron chi connectivity index (χ3n) is 7.45. The lowest BCUT2D eigenvalue weighted by molar-refractivity contribution is -0.155. The first-order valence-corrected chi connectivity index (χ1v) is 12.3. The SMILES string of the molecule is CC1=C2C(Sc3ccccc3)CC(C)C(=O)CC(OCc3ccccc3)(CC1)C2(C)C. The van der Waals surface area contributed by atoms with E-state index >= 15 is 0 Å². The van der Waals surface area contributed by atoms with Crippen LogP contribution in [-0.2, 0) is 16.1 Å². The molecule has 2 nitrogen and oxygen atoms in total. The molecule has 0 spiro atoms. The Balaban J connectivity index is 1.72. The van der Waals surface area contributed by atoms with Crippen LogP contribution in [0, 0.1) is 11.3 Å². The predicted molar refractivity (Wildman–Crippen MR) is 129 cm³/mol. The van der Waals surface area contributed by atoms with Crippen LogP contribution in [0.3, 0.4) is 0 Å². The maximum atomic E-state index is 13.3. The van der Waals surface area contributed by atoms with Gasteiger partial charge < -0.3 is 4.74 Å². The summed E-state index contributed by atoms with van der Waals surface area (Å²) in [6.45, 7) is 9.59. The van der Waals surface area contributed by atoms with Crippen molar-refractivity contribution in [3.05, 3.63) is 77.4 Å². The molecule has 2 aliphatic rings. The summed E-state index contributed by atoms with van der Waals surface area (Å²) >= 11 is 1.92. The van der Waals surface area contributed by atoms with Gasteiger partial charge in [0.05, 0.1) is 12.2 Å². The fraction of sp³-hybridized carbons (Fsp3) is 0.464. The first-order valence-electron chi connectivity index (χ1n) is 11.4. The molecule has 2 bridgehead atoms. The summed E-state index contributed by atoms with van der Waals surface area (Å²) in [4.78, 5) is 14.6. The normalized spacial score (nSPS) is 28.2. The van der Waals surface area contributed by atoms with Crippen LogP contribution in [0.5, 0.6) is 0 Å². The molecule has 2 aliphatic carbocycles. The van der Waals surface area contributed by atoms with E-state index in [0.29, 0.717) is 18.8 Å². The molecule has 0 N–H and O–H groups in total. The number of rotatable bonds is 5. The smallest absolute Gasteiger partial charge is 0.138 e. The zero-order valence-electron chi connectivity index (χ0n) is 19.2. The minimum Gasteiger partial charge on any atom is -0.369 e. The maximum absolute atomic E-state index is 13.3. The summed E-state index contributed by atoms with van der Waals surface area (Å²) in [5.41, 5.74) is 3.49. The Kier molecular flexibility index (Phi) is 6.46. The third-order valence-corrected chi connectivity index (χ3v) is 8.71. The summed E-state index contributed by atoms with van der Waals surface area (Å²) in [6.07, 6.45) is 3.31. The zero-order valence-corrected chi connectivity index (χ0v) is 20.0. The Labute approximate surface area is 191 Å². The largest absolute Gasteiger partial charge is 0.369 e. The highest BCUT2D eigenvalue weighted by Crippen LogP contribution is 2.57. The number of Topliss-reactive ketones (excluding diaryl/α,β-unsaturated/α-hetero) is 1. The molecule has 1 fully saturated rings. The van der Waals surface area contributed by atoms with Gasteiger partial charge in [-0.1, -0.05) is 74.9 Å². The highest BCUT2D eigenvalue weighted by Gasteiger charge is 2.55. The zero-order chi connectivity index (χ0) is 22.1. The minimum atomic E-state index is -0.459. The van der Waals surface area contributed by atoms with Gasteiger partial charge in [0.1, 0.15) is 5.78 Å². The van der Waals surface area contributed by atoms with E-state index in [0.717, 1.165) is 19.3 Å². The lowest BCUT2D eigenvalue weighted by Gasteiger charge is -2.54. The summed E-state index contributed by atoms with van der Waals surface area (Å²) < 4.78 is 6.78. The number of carbonyl (C=O) groups excluding carboxylic acids is 1. The van der Waals surface area contributed by atoms with Gasteiger partial charge in [0, 0.05) is 27.9 Å². The number of hydrogen-bond acceptors (Lipinski definition) is 3. The number of benzene rings is 2. The van der Waals surface area contributed by atoms with Crippen molar-refractivity contribution in [1.29, 1.82) is 0 Å². The molecule has 3 heteroatoms. The molecule has 31 heavy (non-hydrogen) atoms. The van der Waals surface area contributed by atoms with E-state index in [9.17, 15) is 4.79 Å². The van der Waals surface area contributed by atoms with Gasteiger partial charge in [0.2, 0.25) is 0 Å². The van der Waals surface area contributed by atoms with Crippen molar-refractivity contribution in [2.24, 2.45) is 11.3 Å². The van der Waals surface area contributed by atoms with Crippen LogP contribution >= 0.6 is 11.8 Å². The summed E-state index contributed by atoms with van der Waals surface area (Å²) in [6, 6.07) is 21.0. The molecule has 2 aromatic rings. The Morgan fingerprint density at radius 1 is 1.03 bits per heavy atom. The van der Waals surface area contributed by atoms with Crippen molar-refractivity contribution in [3.63, 3.8) is 0 Å². The molecule has 0 amide bonds. The number of fused-ring (bicyclic) bond motifs is 2. The van der Waals surface area contributed by atoms with E-state index in [1.165, 1.54) is 21.6 Å². The van der Waals surface area contributed by atoms with Crippen LogP contribution in [0.1, 0.15) is 58.9 Å². The molecular weight excluding hydrogens is 400 g/mol. The first-order chi connectivity index (χ1) is 14.8. The summed E-state index contributed by atoms with van der Waals surface area (Å²) in [7, 11) is 0. The van der Waals surface area contributed by atoms with Crippen molar-refractivity contribution in [2.75, 3.05) is 0 Å². The molecular formula is C28H34O2S. The van der Waals surface area contributed by atoms with Gasteiger partial charge in [-0.3, -0.25) is 4.79 Å². The molecule has 3 atom stereocenters. The van der Waals surface area contributed by atoms with Crippen LogP contribution < -0.4 is 0 Å². The van der Waals surface area contributed by atoms with Crippen LogP contribution in [0.2, 0.25) is 0 Å². The molecule has 4 rings (SSSR count). The van der Waals surface area contributed by atoms with E-state index in [1.54, 1.807) is 0 Å². The number of allylic oxidation sites excluding steroid dienone is 1. The predicted octanol–water partition coefficient (Wildman–Crippen LogP) is 7.24. The van der Waals surface area contributed by atoms with Crippen LogP contribution in [0.15, 0.2) is 76.7 Å². The standard InChI is InChI=1S/C28H34O2S/c1-20-15-16-28(30-19-22-11-7-5-8-12-22)18-24(29)21(2)17-25(26(20)27(28,3)4)31-23-13-9-6-10-14-23/h5-14,21,25H,15-19H2,1-4H3. The van der Waals surface area contributed by atoms with Crippen molar-refractivity contribution < 1.29 is 9.53 Å². The maximum Gasteiger partial charge on any atom is 0.138 e. The van der Waals surface area contributed by atoms with Gasteiger partial charge in [-0.25, -0.2) is 0 Å². The van der Waals surface area contributed by atoms with E-state index in [-0.39, 0.29) is 16.6 Å². The molecule has 0 aliphatic heterocycles. The van der Waals surface area contributed by atoms with Crippen LogP contribution in [0.25, 0.3) is 0 Å². The molecule has 0 saturated heterocycles. The van der Waals surface area contributed by atoms with Gasteiger partial charge in [-0.15, -0.1) is 11.8 Å². The molecule has 0 radical (unpaired) electrons. The minimum absolute atomic E-state index is 0.0397. The molecule has 0 aromatic heterocycles. The molecule has 3 unspecified atom stereocenters. The van der Waals surface area contributed by atoms with Gasteiger partial charge >= 0.3 is 0 Å². The van der Waals surface area contributed by atoms with E-state index in [4.69, 9.17) is 4.74 Å². The Bertz CT molecular complexity index is 947. The third kappa shape index (κ3) is 4.40. The molecule has 164 valence electrons. The second kappa shape index (κ2) is 8.96. The monoisotopic (exact) mass is 434 g/mol. The second-order valence-electron chi connectivity index (χ2n) is 9.79. The number of thioether (sulfide) groups is 1. The van der Waals surface area contributed by atoms with Crippen molar-refractivity contribution in [1.82, 2.24) is 0 Å². The van der Waals surface area contributed by atoms with Crippen molar-refractivity contribution in [3.8, 4) is 0 Å². The fourth-order valence-electron chi connectivity index (χ4n) is 5.50. The second-order valence-corrected chi connectivity index (χ2v) is 11.1. The number of carbonyl (C=O) groups is 1. The number of ether oxygens (including phenoxy) is 1. The molecule has 0 heterocycles. The average Bonchev–Trinajstić information content (AvgIpc) is 2.75. The highest BCUT2D eigenvalue weighted by molar-refractivity contribution is 8.00. The van der Waals surface area contributed by atoms with E-state index in [2.05, 4.69) is 82.3 Å². The van der Waals surface area contributed by atoms with Gasteiger partial charge in [0.15, 0.2) is 0 Å². The number of hydrogen-bond donors (Lipinski definition) is 0. The molecule has 1 saturated carbocycles. The molecule has 2 aromatic carbocycles. The van der Waals surface area contributed by atoms with Gasteiger partial charge in [-0.2, -0.15) is 0 Å². The highest BCUT2D eigenvalue weighted by atomic mass is 32.2. The quantitative estimate of drug-likeness (QED) is 0.464. The van der Waals surface area contributed by atoms with E-state index < -0.39 is 5.60 Å². The average molecular weight is 435 g/mol. The van der Waals surface area contributed by atoms with Crippen molar-refractivity contribution in [2.45, 2.75) is 75.7 Å². The number of ketones is 1. The van der Waals surface area contributed by atoms with Crippen LogP contribution in [0.4, 0.5) is 0 Å². The Morgan fingerprint density at radius 3 is 2.35 bits per heavy atom. The Hall–Kier alpha value is -1.84. The lowest BCUT2D eigenvalue weighted by Crippen LogP contribution is -2.55. The van der Waals surface area contributed by atoms with Crippen LogP contribution in [-0.4, -0.2) is 16.6 Å². The van der Waals surface area contributed by atoms with E-state index in [1.807, 2.05) is 17.8 Å². The Morgan fingerprint density at radius 2 is 1.68 bits per heavy atom. The van der Waals surface area contributed by atoms with Gasteiger partial charge in [-0.05, 0) is 49.5 Å². The van der Waals surface area contributed by atoms with Gasteiger partial charge in [0.25, 0.3) is 0 Å². The lowest BCUT2D eigenvalue weighted by atomic mass is 9.57. The summed E-state index contributed by atoms with van der Waals surface area (Å²) in [5.74, 6) is 0.385.